The summed E-state index contributed by atoms with van der Waals surface area (Å²) in [6.45, 7) is 3.94. The van der Waals surface area contributed by atoms with Crippen molar-refractivity contribution in [3.05, 3.63) is 0 Å². The van der Waals surface area contributed by atoms with Crippen LogP contribution in [0.15, 0.2) is 0 Å². The van der Waals surface area contributed by atoms with Crippen LogP contribution in [0.4, 0.5) is 0 Å². The van der Waals surface area contributed by atoms with Gasteiger partial charge in [0.25, 0.3) is 0 Å². The van der Waals surface area contributed by atoms with E-state index in [9.17, 15) is 5.11 Å². The molecule has 2 saturated heterocycles. The Balaban J connectivity index is 1.73. The molecular formula is C13H25NO3. The van der Waals surface area contributed by atoms with Crippen LogP contribution >= 0.6 is 0 Å². The first-order chi connectivity index (χ1) is 8.18. The molecule has 1 atom stereocenters. The van der Waals surface area contributed by atoms with Crippen molar-refractivity contribution in [1.82, 2.24) is 4.90 Å². The highest BCUT2D eigenvalue weighted by Gasteiger charge is 2.31. The van der Waals surface area contributed by atoms with Crippen molar-refractivity contribution in [3.63, 3.8) is 0 Å². The Labute approximate surface area is 104 Å². The maximum atomic E-state index is 10.4. The van der Waals surface area contributed by atoms with Gasteiger partial charge in [-0.3, -0.25) is 0 Å². The molecule has 4 nitrogen and oxygen atoms in total. The van der Waals surface area contributed by atoms with E-state index in [1.54, 1.807) is 0 Å². The SMILES string of the molecule is CN(CC1CCCCO1)CC1(O)CCOCC1. The average molecular weight is 243 g/mol. The lowest BCUT2D eigenvalue weighted by atomic mass is 9.93. The zero-order valence-corrected chi connectivity index (χ0v) is 10.9. The standard InChI is InChI=1S/C13H25NO3/c1-14(10-12-4-2-3-7-17-12)11-13(15)5-8-16-9-6-13/h12,15H,2-11H2,1H3. The molecule has 0 aliphatic carbocycles. The minimum Gasteiger partial charge on any atom is -0.388 e. The third-order valence-corrected chi connectivity index (χ3v) is 3.78. The lowest BCUT2D eigenvalue weighted by Crippen LogP contribution is -2.47. The molecule has 0 amide bonds. The predicted molar refractivity (Wildman–Crippen MR) is 66.1 cm³/mol. The summed E-state index contributed by atoms with van der Waals surface area (Å²) in [6, 6.07) is 0. The molecule has 17 heavy (non-hydrogen) atoms. The van der Waals surface area contributed by atoms with Gasteiger partial charge in [0.1, 0.15) is 0 Å². The number of rotatable bonds is 4. The summed E-state index contributed by atoms with van der Waals surface area (Å²) >= 11 is 0. The minimum absolute atomic E-state index is 0.359. The second kappa shape index (κ2) is 6.14. The summed E-state index contributed by atoms with van der Waals surface area (Å²) in [5, 5.41) is 10.4. The molecule has 0 aromatic rings. The maximum Gasteiger partial charge on any atom is 0.0817 e. The van der Waals surface area contributed by atoms with E-state index in [1.807, 2.05) is 0 Å². The Bertz CT molecular complexity index is 223. The summed E-state index contributed by atoms with van der Waals surface area (Å²) < 4.78 is 11.0. The molecular weight excluding hydrogens is 218 g/mol. The van der Waals surface area contributed by atoms with E-state index in [2.05, 4.69) is 11.9 Å². The lowest BCUT2D eigenvalue weighted by Gasteiger charge is -2.37. The summed E-state index contributed by atoms with van der Waals surface area (Å²) in [5.41, 5.74) is -0.554. The summed E-state index contributed by atoms with van der Waals surface area (Å²) in [7, 11) is 2.07. The van der Waals surface area contributed by atoms with Gasteiger partial charge < -0.3 is 19.5 Å². The van der Waals surface area contributed by atoms with Crippen molar-refractivity contribution in [2.75, 3.05) is 40.0 Å². The van der Waals surface area contributed by atoms with Crippen LogP contribution in [-0.4, -0.2) is 61.7 Å². The van der Waals surface area contributed by atoms with E-state index in [-0.39, 0.29) is 0 Å². The van der Waals surface area contributed by atoms with Crippen molar-refractivity contribution in [3.8, 4) is 0 Å². The molecule has 2 rings (SSSR count). The van der Waals surface area contributed by atoms with E-state index in [1.165, 1.54) is 12.8 Å². The molecule has 2 heterocycles. The van der Waals surface area contributed by atoms with Crippen LogP contribution in [0.2, 0.25) is 0 Å². The fraction of sp³-hybridized carbons (Fsp3) is 1.00. The van der Waals surface area contributed by atoms with Crippen LogP contribution in [0.25, 0.3) is 0 Å². The van der Waals surface area contributed by atoms with Gasteiger partial charge in [0.15, 0.2) is 0 Å². The fourth-order valence-corrected chi connectivity index (χ4v) is 2.78. The smallest absolute Gasteiger partial charge is 0.0817 e. The van der Waals surface area contributed by atoms with Gasteiger partial charge in [-0.2, -0.15) is 0 Å². The molecule has 1 unspecified atom stereocenters. The molecule has 4 heteroatoms. The highest BCUT2D eigenvalue weighted by Crippen LogP contribution is 2.22. The van der Waals surface area contributed by atoms with Crippen LogP contribution in [0.3, 0.4) is 0 Å². The first-order valence-electron chi connectivity index (χ1n) is 6.78. The Kier molecular flexibility index (Phi) is 4.79. The van der Waals surface area contributed by atoms with Gasteiger partial charge in [0.2, 0.25) is 0 Å². The molecule has 2 aliphatic rings. The van der Waals surface area contributed by atoms with Crippen molar-refractivity contribution in [1.29, 1.82) is 0 Å². The number of likely N-dealkylation sites (N-methyl/N-ethyl adjacent to an activating group) is 1. The summed E-state index contributed by atoms with van der Waals surface area (Å²) in [6.07, 6.45) is 5.49. The summed E-state index contributed by atoms with van der Waals surface area (Å²) in [5.74, 6) is 0. The Morgan fingerprint density at radius 3 is 2.65 bits per heavy atom. The minimum atomic E-state index is -0.554. The number of nitrogens with zero attached hydrogens (tertiary/aromatic N) is 1. The normalized spacial score (nSPS) is 29.5. The number of hydrogen-bond acceptors (Lipinski definition) is 4. The first-order valence-corrected chi connectivity index (χ1v) is 6.78. The van der Waals surface area contributed by atoms with Crippen molar-refractivity contribution >= 4 is 0 Å². The van der Waals surface area contributed by atoms with Gasteiger partial charge in [-0.05, 0) is 26.3 Å². The monoisotopic (exact) mass is 243 g/mol. The highest BCUT2D eigenvalue weighted by molar-refractivity contribution is 4.84. The van der Waals surface area contributed by atoms with E-state index < -0.39 is 5.60 Å². The summed E-state index contributed by atoms with van der Waals surface area (Å²) in [4.78, 5) is 2.21. The molecule has 1 N–H and O–H groups in total. The van der Waals surface area contributed by atoms with Crippen LogP contribution in [0.5, 0.6) is 0 Å². The second-order valence-electron chi connectivity index (χ2n) is 5.52. The van der Waals surface area contributed by atoms with Gasteiger partial charge >= 0.3 is 0 Å². The Morgan fingerprint density at radius 1 is 1.24 bits per heavy atom. The molecule has 100 valence electrons. The lowest BCUT2D eigenvalue weighted by molar-refractivity contribution is -0.0842. The van der Waals surface area contributed by atoms with E-state index in [0.717, 1.165) is 39.0 Å². The van der Waals surface area contributed by atoms with Gasteiger partial charge in [-0.25, -0.2) is 0 Å². The number of aliphatic hydroxyl groups is 1. The van der Waals surface area contributed by atoms with Gasteiger partial charge in [-0.15, -0.1) is 0 Å². The average Bonchev–Trinajstić information content (AvgIpc) is 2.30. The van der Waals surface area contributed by atoms with E-state index in [4.69, 9.17) is 9.47 Å². The fourth-order valence-electron chi connectivity index (χ4n) is 2.78. The second-order valence-corrected chi connectivity index (χ2v) is 5.52. The van der Waals surface area contributed by atoms with Crippen molar-refractivity contribution in [2.45, 2.75) is 43.8 Å². The predicted octanol–water partition coefficient (Wildman–Crippen LogP) is 1.03. The Morgan fingerprint density at radius 2 is 2.00 bits per heavy atom. The van der Waals surface area contributed by atoms with E-state index in [0.29, 0.717) is 19.3 Å². The quantitative estimate of drug-likeness (QED) is 0.801. The van der Waals surface area contributed by atoms with Crippen LogP contribution < -0.4 is 0 Å². The van der Waals surface area contributed by atoms with Crippen LogP contribution in [0, 0.1) is 0 Å². The molecule has 0 radical (unpaired) electrons. The number of hydrogen-bond donors (Lipinski definition) is 1. The topological polar surface area (TPSA) is 41.9 Å². The molecule has 0 bridgehead atoms. The van der Waals surface area contributed by atoms with Gasteiger partial charge in [0, 0.05) is 45.8 Å². The first kappa shape index (κ1) is 13.3. The molecule has 2 fully saturated rings. The third-order valence-electron chi connectivity index (χ3n) is 3.78. The number of ether oxygens (including phenoxy) is 2. The molecule has 0 spiro atoms. The van der Waals surface area contributed by atoms with Crippen molar-refractivity contribution < 1.29 is 14.6 Å². The maximum absolute atomic E-state index is 10.4. The molecule has 0 aromatic heterocycles. The molecule has 0 aromatic carbocycles. The Hall–Kier alpha value is -0.160. The van der Waals surface area contributed by atoms with Crippen LogP contribution in [-0.2, 0) is 9.47 Å². The van der Waals surface area contributed by atoms with Gasteiger partial charge in [0.05, 0.1) is 11.7 Å². The third kappa shape index (κ3) is 4.21. The van der Waals surface area contributed by atoms with Gasteiger partial charge in [-0.1, -0.05) is 0 Å². The molecule has 2 aliphatic heterocycles. The zero-order valence-electron chi connectivity index (χ0n) is 10.9. The largest absolute Gasteiger partial charge is 0.388 e. The highest BCUT2D eigenvalue weighted by atomic mass is 16.5. The van der Waals surface area contributed by atoms with E-state index >= 15 is 0 Å². The zero-order chi connectivity index (χ0) is 12.1. The van der Waals surface area contributed by atoms with Crippen molar-refractivity contribution in [2.24, 2.45) is 0 Å². The van der Waals surface area contributed by atoms with Crippen LogP contribution in [0.1, 0.15) is 32.1 Å². The molecule has 0 saturated carbocycles.